The molecule has 4 nitrogen and oxygen atoms in total. The van der Waals surface area contributed by atoms with E-state index >= 15 is 0 Å². The highest BCUT2D eigenvalue weighted by Crippen LogP contribution is 2.49. The molecule has 440 valence electrons. The first-order valence-electron chi connectivity index (χ1n) is 32.3. The van der Waals surface area contributed by atoms with Crippen molar-refractivity contribution >= 4 is 82.1 Å². The van der Waals surface area contributed by atoms with Gasteiger partial charge in [-0.1, -0.05) is 291 Å². The molecule has 4 heteroatoms. The number of nitrogens with one attached hydrogen (secondary N) is 3. The molecule has 0 aliphatic rings. The molecule has 0 amide bonds. The van der Waals surface area contributed by atoms with E-state index in [9.17, 15) is 0 Å². The van der Waals surface area contributed by atoms with E-state index in [1.807, 2.05) is 0 Å². The Hall–Kier alpha value is -12.5. The third-order valence-electron chi connectivity index (χ3n) is 19.1. The molecule has 0 unspecified atom stereocenters. The van der Waals surface area contributed by atoms with E-state index in [0.29, 0.717) is 0 Å². The van der Waals surface area contributed by atoms with Crippen molar-refractivity contribution in [2.45, 2.75) is 0 Å². The van der Waals surface area contributed by atoms with Gasteiger partial charge >= 0.3 is 0 Å². The maximum atomic E-state index is 3.95. The van der Waals surface area contributed by atoms with Crippen molar-refractivity contribution in [2.75, 3.05) is 4.90 Å². The lowest BCUT2D eigenvalue weighted by molar-refractivity contribution is 1.28. The van der Waals surface area contributed by atoms with Gasteiger partial charge in [-0.3, -0.25) is 0 Å². The smallest absolute Gasteiger partial charge is 0.0545 e. The first-order chi connectivity index (χ1) is 46.6. The lowest BCUT2D eigenvalue weighted by atomic mass is 9.92. The Bertz CT molecular complexity index is 5250. The van der Waals surface area contributed by atoms with E-state index in [2.05, 4.69) is 366 Å². The Kier molecular flexibility index (Phi) is 13.2. The van der Waals surface area contributed by atoms with Gasteiger partial charge in [0.25, 0.3) is 0 Å². The number of anilines is 3. The first-order valence-corrected chi connectivity index (χ1v) is 32.3. The van der Waals surface area contributed by atoms with Gasteiger partial charge in [0.2, 0.25) is 0 Å². The van der Waals surface area contributed by atoms with Crippen LogP contribution < -0.4 is 4.90 Å². The second kappa shape index (κ2) is 22.8. The van der Waals surface area contributed by atoms with E-state index in [4.69, 9.17) is 0 Å². The average Bonchev–Trinajstić information content (AvgIpc) is 1.59. The minimum absolute atomic E-state index is 1.05. The van der Waals surface area contributed by atoms with Gasteiger partial charge < -0.3 is 19.9 Å². The standard InChI is InChI=1S/C90H60N4/c1-7-25-61(26-8-1)82-79-55-76(70-37-19-22-40-73(70)88(79)91-85(82)64-31-13-4-14-32-64)58-43-49-67(50-44-58)94(68-51-45-59(46-52-68)77-56-80-83(62-27-9-2-10-28-62)86(65-33-15-5-16-34-65)92-89(80)74-41-23-20-38-71(74)77)69-53-47-60(48-54-69)78-57-81-84(63-29-11-3-12-30-63)87(66-35-17-6-18-36-66)93-90(81)75-42-24-21-39-72(75)78/h1-57,91-93H. The molecule has 3 aromatic heterocycles. The van der Waals surface area contributed by atoms with E-state index in [1.54, 1.807) is 0 Å². The lowest BCUT2D eigenvalue weighted by Gasteiger charge is -2.26. The molecule has 94 heavy (non-hydrogen) atoms. The zero-order valence-electron chi connectivity index (χ0n) is 51.4. The fourth-order valence-corrected chi connectivity index (χ4v) is 14.8. The van der Waals surface area contributed by atoms with Crippen molar-refractivity contribution in [1.29, 1.82) is 0 Å². The Balaban J connectivity index is 0.795. The lowest BCUT2D eigenvalue weighted by Crippen LogP contribution is -2.09. The van der Waals surface area contributed by atoms with Crippen LogP contribution in [-0.2, 0) is 0 Å². The number of rotatable bonds is 12. The molecular weight excluding hydrogens is 1140 g/mol. The van der Waals surface area contributed by atoms with Gasteiger partial charge in [0.15, 0.2) is 0 Å². The Morgan fingerprint density at radius 3 is 0.628 bits per heavy atom. The van der Waals surface area contributed by atoms with Crippen LogP contribution in [-0.4, -0.2) is 15.0 Å². The molecule has 0 bridgehead atoms. The van der Waals surface area contributed by atoms with Gasteiger partial charge in [-0.05, 0) is 138 Å². The highest BCUT2D eigenvalue weighted by Gasteiger charge is 2.24. The highest BCUT2D eigenvalue weighted by atomic mass is 15.1. The summed E-state index contributed by atoms with van der Waals surface area (Å²) in [6, 6.07) is 126. The number of H-pyrrole nitrogens is 3. The van der Waals surface area contributed by atoms with E-state index in [0.717, 1.165) is 84.1 Å². The first kappa shape index (κ1) is 54.4. The van der Waals surface area contributed by atoms with Gasteiger partial charge in [0.1, 0.15) is 0 Å². The van der Waals surface area contributed by atoms with Crippen molar-refractivity contribution in [3.05, 3.63) is 346 Å². The SMILES string of the molecule is c1ccc(-c2[nH]c3c(cc(-c4ccc(N(c5ccc(-c6cc7c(-c8ccccc8)c(-c8ccccc8)[nH]c7c7ccccc67)cc5)c5ccc(-c6cc7c(-c8ccccc8)c(-c8ccccc8)[nH]c7c7ccccc67)cc5)cc4)c4ccccc43)c2-c2ccccc2)cc1. The van der Waals surface area contributed by atoms with Gasteiger partial charge in [0.05, 0.1) is 33.6 Å². The van der Waals surface area contributed by atoms with Crippen LogP contribution in [0.4, 0.5) is 17.1 Å². The number of aromatic nitrogens is 3. The summed E-state index contributed by atoms with van der Waals surface area (Å²) in [5, 5.41) is 10.7. The number of aromatic amines is 3. The summed E-state index contributed by atoms with van der Waals surface area (Å²) in [6.07, 6.45) is 0. The third kappa shape index (κ3) is 9.22. The van der Waals surface area contributed by atoms with Gasteiger partial charge in [-0.15, -0.1) is 0 Å². The maximum Gasteiger partial charge on any atom is 0.0545 e. The largest absolute Gasteiger partial charge is 0.353 e. The second-order valence-corrected chi connectivity index (χ2v) is 24.5. The van der Waals surface area contributed by atoms with Crippen molar-refractivity contribution < 1.29 is 0 Å². The number of fused-ring (bicyclic) bond motifs is 9. The van der Waals surface area contributed by atoms with Crippen LogP contribution in [0.1, 0.15) is 0 Å². The fourth-order valence-electron chi connectivity index (χ4n) is 14.8. The molecule has 0 saturated heterocycles. The topological polar surface area (TPSA) is 50.6 Å². The summed E-state index contributed by atoms with van der Waals surface area (Å²) < 4.78 is 0. The number of nitrogens with zero attached hydrogens (tertiary/aromatic N) is 1. The van der Waals surface area contributed by atoms with Crippen LogP contribution in [0, 0.1) is 0 Å². The van der Waals surface area contributed by atoms with Crippen LogP contribution in [0.5, 0.6) is 0 Å². The predicted molar refractivity (Wildman–Crippen MR) is 398 cm³/mol. The Morgan fingerprint density at radius 2 is 0.383 bits per heavy atom. The number of benzene rings is 15. The van der Waals surface area contributed by atoms with Crippen LogP contribution in [0.15, 0.2) is 346 Å². The minimum Gasteiger partial charge on any atom is -0.353 e. The van der Waals surface area contributed by atoms with Gasteiger partial charge in [-0.25, -0.2) is 0 Å². The normalized spacial score (nSPS) is 11.6. The van der Waals surface area contributed by atoms with Crippen molar-refractivity contribution in [2.24, 2.45) is 0 Å². The summed E-state index contributed by atoms with van der Waals surface area (Å²) in [5.41, 5.74) is 27.5. The van der Waals surface area contributed by atoms with Crippen LogP contribution >= 0.6 is 0 Å². The van der Waals surface area contributed by atoms with Crippen LogP contribution in [0.25, 0.3) is 166 Å². The molecule has 0 fully saturated rings. The Morgan fingerprint density at radius 1 is 0.170 bits per heavy atom. The highest BCUT2D eigenvalue weighted by molar-refractivity contribution is 6.22. The number of hydrogen-bond donors (Lipinski definition) is 3. The predicted octanol–water partition coefficient (Wildman–Crippen LogP) is 25.1. The second-order valence-electron chi connectivity index (χ2n) is 24.5. The molecule has 0 aliphatic carbocycles. The number of hydrogen-bond acceptors (Lipinski definition) is 1. The molecule has 3 heterocycles. The van der Waals surface area contributed by atoms with Crippen LogP contribution in [0.3, 0.4) is 0 Å². The summed E-state index contributed by atoms with van der Waals surface area (Å²) in [7, 11) is 0. The third-order valence-corrected chi connectivity index (χ3v) is 19.1. The molecule has 18 rings (SSSR count). The summed E-state index contributed by atoms with van der Waals surface area (Å²) in [4.78, 5) is 14.2. The molecule has 18 aromatic rings. The fraction of sp³-hybridized carbons (Fsp3) is 0. The maximum absolute atomic E-state index is 3.95. The molecule has 0 saturated carbocycles. The molecule has 0 spiro atoms. The summed E-state index contributed by atoms with van der Waals surface area (Å²) in [6.45, 7) is 0. The monoisotopic (exact) mass is 1200 g/mol. The zero-order valence-corrected chi connectivity index (χ0v) is 51.4. The van der Waals surface area contributed by atoms with Crippen molar-refractivity contribution in [3.63, 3.8) is 0 Å². The summed E-state index contributed by atoms with van der Waals surface area (Å²) >= 11 is 0. The molecule has 0 radical (unpaired) electrons. The quantitative estimate of drug-likeness (QED) is 0.112. The molecule has 0 aliphatic heterocycles. The average molecular weight is 1200 g/mol. The van der Waals surface area contributed by atoms with Gasteiger partial charge in [0, 0.05) is 66.1 Å². The Labute approximate surface area is 545 Å². The zero-order chi connectivity index (χ0) is 62.1. The van der Waals surface area contributed by atoms with Crippen LogP contribution in [0.2, 0.25) is 0 Å². The van der Waals surface area contributed by atoms with E-state index in [-0.39, 0.29) is 0 Å². The van der Waals surface area contributed by atoms with E-state index in [1.165, 1.54) is 98.5 Å². The summed E-state index contributed by atoms with van der Waals surface area (Å²) in [5.74, 6) is 0. The molecule has 0 atom stereocenters. The van der Waals surface area contributed by atoms with E-state index < -0.39 is 0 Å². The van der Waals surface area contributed by atoms with Gasteiger partial charge in [-0.2, -0.15) is 0 Å². The molecule has 3 N–H and O–H groups in total. The molecular formula is C90H60N4. The molecule has 15 aromatic carbocycles. The van der Waals surface area contributed by atoms with Crippen molar-refractivity contribution in [1.82, 2.24) is 15.0 Å². The minimum atomic E-state index is 1.05. The van der Waals surface area contributed by atoms with Crippen molar-refractivity contribution in [3.8, 4) is 101 Å².